The van der Waals surface area contributed by atoms with Crippen molar-refractivity contribution in [3.63, 3.8) is 0 Å². The van der Waals surface area contributed by atoms with Crippen LogP contribution in [0.3, 0.4) is 0 Å². The second kappa shape index (κ2) is 9.85. The molecule has 34 heavy (non-hydrogen) atoms. The molecule has 176 valence electrons. The number of H-pyrrole nitrogens is 1. The molecule has 0 fully saturated rings. The molecule has 4 aromatic rings. The number of nitrogens with one attached hydrogen (secondary N) is 1. The third-order valence-electron chi connectivity index (χ3n) is 5.42. The number of fused-ring (bicyclic) bond motifs is 1. The van der Waals surface area contributed by atoms with Gasteiger partial charge in [-0.3, -0.25) is 0 Å². The quantitative estimate of drug-likeness (QED) is 0.256. The van der Waals surface area contributed by atoms with E-state index >= 15 is 0 Å². The number of aliphatic carboxylic acids is 1. The Morgan fingerprint density at radius 3 is 2.38 bits per heavy atom. The van der Waals surface area contributed by atoms with E-state index in [9.17, 15) is 18.0 Å². The van der Waals surface area contributed by atoms with Crippen LogP contribution in [0.5, 0.6) is 5.75 Å². The molecule has 0 amide bonds. The number of benzene rings is 3. The van der Waals surface area contributed by atoms with Crippen LogP contribution in [0.4, 0.5) is 13.2 Å². The van der Waals surface area contributed by atoms with Gasteiger partial charge in [-0.05, 0) is 66.1 Å². The standard InChI is InChI=1S/C26H22F3NO3S/c1-2-24(25(31)32)33-19-10-12-20(13-11-19)34-15-17-4-3-5-22-21(17)14-23(30-22)16-6-8-18(9-7-16)26(27,28)29/h3-14,24,30H,2,15H2,1H3,(H,31,32). The summed E-state index contributed by atoms with van der Waals surface area (Å²) in [6, 6.07) is 20.3. The minimum atomic E-state index is -4.36. The molecular formula is C26H22F3NO3S. The first kappa shape index (κ1) is 23.8. The van der Waals surface area contributed by atoms with Crippen molar-refractivity contribution in [2.75, 3.05) is 0 Å². The number of thioether (sulfide) groups is 1. The van der Waals surface area contributed by atoms with Gasteiger partial charge >= 0.3 is 12.1 Å². The first-order chi connectivity index (χ1) is 16.2. The molecule has 1 aromatic heterocycles. The first-order valence-corrected chi connectivity index (χ1v) is 11.6. The van der Waals surface area contributed by atoms with Gasteiger partial charge in [-0.1, -0.05) is 31.2 Å². The fraction of sp³-hybridized carbons (Fsp3) is 0.192. The second-order valence-corrected chi connectivity index (χ2v) is 8.80. The predicted molar refractivity (Wildman–Crippen MR) is 127 cm³/mol. The number of carbonyl (C=O) groups is 1. The molecule has 0 saturated heterocycles. The van der Waals surface area contributed by atoms with Crippen LogP contribution in [0.15, 0.2) is 77.7 Å². The average molecular weight is 486 g/mol. The lowest BCUT2D eigenvalue weighted by atomic mass is 10.1. The van der Waals surface area contributed by atoms with Gasteiger partial charge in [-0.25, -0.2) is 4.79 Å². The van der Waals surface area contributed by atoms with Gasteiger partial charge in [0, 0.05) is 27.2 Å². The van der Waals surface area contributed by atoms with E-state index in [4.69, 9.17) is 9.84 Å². The molecule has 1 unspecified atom stereocenters. The number of aromatic amines is 1. The van der Waals surface area contributed by atoms with Crippen LogP contribution in [-0.2, 0) is 16.7 Å². The van der Waals surface area contributed by atoms with Crippen molar-refractivity contribution in [1.82, 2.24) is 4.98 Å². The van der Waals surface area contributed by atoms with Crippen molar-refractivity contribution >= 4 is 28.6 Å². The fourth-order valence-electron chi connectivity index (χ4n) is 3.59. The highest BCUT2D eigenvalue weighted by Gasteiger charge is 2.30. The molecule has 0 aliphatic carbocycles. The number of rotatable bonds is 8. The number of hydrogen-bond acceptors (Lipinski definition) is 3. The molecule has 0 aliphatic heterocycles. The third kappa shape index (κ3) is 5.39. The Kier molecular flexibility index (Phi) is 6.88. The van der Waals surface area contributed by atoms with E-state index in [0.717, 1.165) is 39.2 Å². The van der Waals surface area contributed by atoms with Crippen molar-refractivity contribution in [2.45, 2.75) is 36.3 Å². The van der Waals surface area contributed by atoms with Gasteiger partial charge in [0.15, 0.2) is 6.10 Å². The van der Waals surface area contributed by atoms with Crippen LogP contribution < -0.4 is 4.74 Å². The highest BCUT2D eigenvalue weighted by atomic mass is 32.2. The molecule has 1 atom stereocenters. The minimum Gasteiger partial charge on any atom is -0.479 e. The summed E-state index contributed by atoms with van der Waals surface area (Å²) in [6.07, 6.45) is -4.86. The molecule has 3 aromatic carbocycles. The second-order valence-electron chi connectivity index (χ2n) is 7.75. The number of aromatic nitrogens is 1. The fourth-order valence-corrected chi connectivity index (χ4v) is 4.49. The summed E-state index contributed by atoms with van der Waals surface area (Å²) < 4.78 is 44.1. The van der Waals surface area contributed by atoms with E-state index in [1.165, 1.54) is 12.1 Å². The van der Waals surface area contributed by atoms with Crippen LogP contribution in [0, 0.1) is 0 Å². The van der Waals surface area contributed by atoms with Crippen molar-refractivity contribution in [3.8, 4) is 17.0 Å². The van der Waals surface area contributed by atoms with Gasteiger partial charge in [0.25, 0.3) is 0 Å². The Morgan fingerprint density at radius 2 is 1.76 bits per heavy atom. The maximum absolute atomic E-state index is 12.9. The zero-order chi connectivity index (χ0) is 24.3. The number of carboxylic acids is 1. The lowest BCUT2D eigenvalue weighted by molar-refractivity contribution is -0.145. The predicted octanol–water partition coefficient (Wildman–Crippen LogP) is 7.39. The topological polar surface area (TPSA) is 62.3 Å². The van der Waals surface area contributed by atoms with E-state index < -0.39 is 23.8 Å². The molecule has 0 spiro atoms. The summed E-state index contributed by atoms with van der Waals surface area (Å²) in [5, 5.41) is 10.1. The molecule has 2 N–H and O–H groups in total. The van der Waals surface area contributed by atoms with E-state index in [0.29, 0.717) is 23.5 Å². The van der Waals surface area contributed by atoms with Gasteiger partial charge in [0.05, 0.1) is 5.56 Å². The van der Waals surface area contributed by atoms with Crippen LogP contribution in [0.25, 0.3) is 22.2 Å². The Bertz CT molecular complexity index is 1280. The summed E-state index contributed by atoms with van der Waals surface area (Å²) >= 11 is 1.63. The van der Waals surface area contributed by atoms with Crippen molar-refractivity contribution in [1.29, 1.82) is 0 Å². The molecule has 1 heterocycles. The highest BCUT2D eigenvalue weighted by molar-refractivity contribution is 7.98. The van der Waals surface area contributed by atoms with E-state index in [2.05, 4.69) is 4.98 Å². The lowest BCUT2D eigenvalue weighted by Gasteiger charge is -2.13. The molecule has 0 bridgehead atoms. The molecule has 0 saturated carbocycles. The van der Waals surface area contributed by atoms with Gasteiger partial charge in [0.1, 0.15) is 5.75 Å². The Labute approximate surface area is 198 Å². The summed E-state index contributed by atoms with van der Waals surface area (Å²) in [7, 11) is 0. The Morgan fingerprint density at radius 1 is 1.06 bits per heavy atom. The first-order valence-electron chi connectivity index (χ1n) is 10.6. The van der Waals surface area contributed by atoms with Gasteiger partial charge in [-0.2, -0.15) is 13.2 Å². The Balaban J connectivity index is 1.48. The minimum absolute atomic E-state index is 0.376. The van der Waals surface area contributed by atoms with Crippen LogP contribution in [0.1, 0.15) is 24.5 Å². The van der Waals surface area contributed by atoms with Gasteiger partial charge in [0.2, 0.25) is 0 Å². The van der Waals surface area contributed by atoms with Crippen LogP contribution >= 0.6 is 11.8 Å². The number of hydrogen-bond donors (Lipinski definition) is 2. The third-order valence-corrected chi connectivity index (χ3v) is 6.48. The lowest BCUT2D eigenvalue weighted by Crippen LogP contribution is -2.25. The van der Waals surface area contributed by atoms with E-state index in [-0.39, 0.29) is 0 Å². The number of ether oxygens (including phenoxy) is 1. The van der Waals surface area contributed by atoms with E-state index in [1.54, 1.807) is 30.8 Å². The van der Waals surface area contributed by atoms with Crippen molar-refractivity contribution in [3.05, 3.63) is 83.9 Å². The summed E-state index contributed by atoms with van der Waals surface area (Å²) in [5.41, 5.74) is 2.77. The zero-order valence-electron chi connectivity index (χ0n) is 18.2. The number of halogens is 3. The smallest absolute Gasteiger partial charge is 0.416 e. The highest BCUT2D eigenvalue weighted by Crippen LogP contribution is 2.33. The normalized spacial score (nSPS) is 12.6. The van der Waals surface area contributed by atoms with Crippen LogP contribution in [0.2, 0.25) is 0 Å². The van der Waals surface area contributed by atoms with Crippen LogP contribution in [-0.4, -0.2) is 22.2 Å². The molecule has 4 nitrogen and oxygen atoms in total. The van der Waals surface area contributed by atoms with Gasteiger partial charge < -0.3 is 14.8 Å². The summed E-state index contributed by atoms with van der Waals surface area (Å²) in [6.45, 7) is 1.76. The molecule has 4 rings (SSSR count). The zero-order valence-corrected chi connectivity index (χ0v) is 19.0. The summed E-state index contributed by atoms with van der Waals surface area (Å²) in [5.74, 6) is 0.206. The number of alkyl halides is 3. The largest absolute Gasteiger partial charge is 0.479 e. The average Bonchev–Trinajstić information content (AvgIpc) is 3.26. The van der Waals surface area contributed by atoms with Crippen molar-refractivity contribution in [2.24, 2.45) is 0 Å². The Hall–Kier alpha value is -3.39. The molecular weight excluding hydrogens is 463 g/mol. The molecule has 0 aliphatic rings. The van der Waals surface area contributed by atoms with Crippen molar-refractivity contribution < 1.29 is 27.8 Å². The number of carboxylic acid groups (broad SMARTS) is 1. The maximum Gasteiger partial charge on any atom is 0.416 e. The molecule has 0 radical (unpaired) electrons. The maximum atomic E-state index is 12.9. The summed E-state index contributed by atoms with van der Waals surface area (Å²) in [4.78, 5) is 15.4. The SMILES string of the molecule is CCC(Oc1ccc(SCc2cccc3[nH]c(-c4ccc(C(F)(F)F)cc4)cc23)cc1)C(=O)O. The van der Waals surface area contributed by atoms with E-state index in [1.807, 2.05) is 36.4 Å². The monoisotopic (exact) mass is 485 g/mol. The molecule has 8 heteroatoms. The van der Waals surface area contributed by atoms with Gasteiger partial charge in [-0.15, -0.1) is 11.8 Å².